The van der Waals surface area contributed by atoms with Crippen LogP contribution >= 0.6 is 0 Å². The van der Waals surface area contributed by atoms with E-state index in [1.165, 1.54) is 0 Å². The van der Waals surface area contributed by atoms with Gasteiger partial charge in [0.25, 0.3) is 0 Å². The Balaban J connectivity index is 2.65. The third-order valence-electron chi connectivity index (χ3n) is 2.30. The van der Waals surface area contributed by atoms with Crippen molar-refractivity contribution < 1.29 is 9.59 Å². The summed E-state index contributed by atoms with van der Waals surface area (Å²) < 4.78 is 0. The van der Waals surface area contributed by atoms with E-state index in [2.05, 4.69) is 5.32 Å². The van der Waals surface area contributed by atoms with E-state index in [1.54, 1.807) is 0 Å². The highest BCUT2D eigenvalue weighted by Crippen LogP contribution is 2.31. The zero-order valence-corrected chi connectivity index (χ0v) is 7.39. The van der Waals surface area contributed by atoms with Gasteiger partial charge in [0, 0.05) is 18.9 Å². The summed E-state index contributed by atoms with van der Waals surface area (Å²) in [5, 5.41) is 2.74. The standard InChI is InChI=1S/C8H14N2O2/c1-8(2)4-7(12)10-5(8)3-6(9)11/h5H,3-4H2,1-2H3,(H2,9,11)(H,10,12). The fraction of sp³-hybridized carbons (Fsp3) is 0.750. The Morgan fingerprint density at radius 2 is 2.33 bits per heavy atom. The number of rotatable bonds is 2. The van der Waals surface area contributed by atoms with Gasteiger partial charge < -0.3 is 11.1 Å². The largest absolute Gasteiger partial charge is 0.370 e. The second-order valence-corrected chi connectivity index (χ2v) is 3.96. The molecule has 4 heteroatoms. The Bertz CT molecular complexity index is 223. The van der Waals surface area contributed by atoms with E-state index in [9.17, 15) is 9.59 Å². The van der Waals surface area contributed by atoms with Gasteiger partial charge in [0.05, 0.1) is 0 Å². The third kappa shape index (κ3) is 1.75. The van der Waals surface area contributed by atoms with E-state index in [4.69, 9.17) is 5.73 Å². The van der Waals surface area contributed by atoms with E-state index >= 15 is 0 Å². The van der Waals surface area contributed by atoms with Crippen molar-refractivity contribution in [2.24, 2.45) is 11.1 Å². The lowest BCUT2D eigenvalue weighted by Gasteiger charge is -2.23. The minimum atomic E-state index is -0.365. The van der Waals surface area contributed by atoms with Crippen LogP contribution in [0.2, 0.25) is 0 Å². The Kier molecular flexibility index (Phi) is 2.08. The highest BCUT2D eigenvalue weighted by atomic mass is 16.2. The van der Waals surface area contributed by atoms with Crippen LogP contribution in [0.15, 0.2) is 0 Å². The number of hydrogen-bond donors (Lipinski definition) is 2. The zero-order valence-electron chi connectivity index (χ0n) is 7.39. The van der Waals surface area contributed by atoms with Gasteiger partial charge in [-0.15, -0.1) is 0 Å². The first kappa shape index (κ1) is 9.03. The first-order chi connectivity index (χ1) is 5.42. The van der Waals surface area contributed by atoms with Crippen LogP contribution in [0.5, 0.6) is 0 Å². The molecule has 1 unspecified atom stereocenters. The maximum absolute atomic E-state index is 11.0. The van der Waals surface area contributed by atoms with Crippen LogP contribution in [0.25, 0.3) is 0 Å². The monoisotopic (exact) mass is 170 g/mol. The van der Waals surface area contributed by atoms with Gasteiger partial charge >= 0.3 is 0 Å². The van der Waals surface area contributed by atoms with E-state index in [-0.39, 0.29) is 29.7 Å². The van der Waals surface area contributed by atoms with Gasteiger partial charge in [-0.25, -0.2) is 0 Å². The number of carbonyl (C=O) groups is 2. The van der Waals surface area contributed by atoms with Crippen LogP contribution < -0.4 is 11.1 Å². The molecule has 12 heavy (non-hydrogen) atoms. The van der Waals surface area contributed by atoms with Crippen molar-refractivity contribution in [1.82, 2.24) is 5.32 Å². The average Bonchev–Trinajstić information content (AvgIpc) is 2.04. The van der Waals surface area contributed by atoms with Crippen LogP contribution in [-0.2, 0) is 9.59 Å². The second-order valence-electron chi connectivity index (χ2n) is 3.96. The molecular formula is C8H14N2O2. The van der Waals surface area contributed by atoms with Crippen LogP contribution in [0.4, 0.5) is 0 Å². The summed E-state index contributed by atoms with van der Waals surface area (Å²) >= 11 is 0. The Morgan fingerprint density at radius 3 is 2.67 bits per heavy atom. The number of nitrogens with two attached hydrogens (primary N) is 1. The molecule has 0 bridgehead atoms. The van der Waals surface area contributed by atoms with Crippen LogP contribution in [0.3, 0.4) is 0 Å². The van der Waals surface area contributed by atoms with Gasteiger partial charge in [-0.05, 0) is 5.41 Å². The van der Waals surface area contributed by atoms with Crippen LogP contribution in [0.1, 0.15) is 26.7 Å². The lowest BCUT2D eigenvalue weighted by molar-refractivity contribution is -0.119. The van der Waals surface area contributed by atoms with Crippen molar-refractivity contribution in [2.45, 2.75) is 32.7 Å². The van der Waals surface area contributed by atoms with Crippen molar-refractivity contribution in [2.75, 3.05) is 0 Å². The molecule has 0 aromatic rings. The molecular weight excluding hydrogens is 156 g/mol. The molecule has 0 aromatic heterocycles. The molecule has 0 radical (unpaired) electrons. The highest BCUT2D eigenvalue weighted by Gasteiger charge is 2.39. The Morgan fingerprint density at radius 1 is 1.75 bits per heavy atom. The van der Waals surface area contributed by atoms with Gasteiger partial charge in [0.1, 0.15) is 0 Å². The molecule has 3 N–H and O–H groups in total. The van der Waals surface area contributed by atoms with Crippen molar-refractivity contribution >= 4 is 11.8 Å². The minimum absolute atomic E-state index is 0.00579. The first-order valence-corrected chi connectivity index (χ1v) is 3.99. The molecule has 1 heterocycles. The van der Waals surface area contributed by atoms with E-state index in [0.717, 1.165) is 0 Å². The highest BCUT2D eigenvalue weighted by molar-refractivity contribution is 5.82. The topological polar surface area (TPSA) is 72.2 Å². The van der Waals surface area contributed by atoms with E-state index in [1.807, 2.05) is 13.8 Å². The smallest absolute Gasteiger partial charge is 0.220 e. The molecule has 1 aliphatic heterocycles. The van der Waals surface area contributed by atoms with Crippen LogP contribution in [0, 0.1) is 5.41 Å². The molecule has 1 rings (SSSR count). The number of primary amides is 1. The molecule has 1 fully saturated rings. The summed E-state index contributed by atoms with van der Waals surface area (Å²) in [6.45, 7) is 3.91. The maximum atomic E-state index is 11.0. The van der Waals surface area contributed by atoms with Crippen molar-refractivity contribution in [3.63, 3.8) is 0 Å². The van der Waals surface area contributed by atoms with Gasteiger partial charge in [0.2, 0.25) is 11.8 Å². The number of amides is 2. The zero-order chi connectivity index (χ0) is 9.35. The lowest BCUT2D eigenvalue weighted by atomic mass is 9.83. The molecule has 2 amide bonds. The van der Waals surface area contributed by atoms with Gasteiger partial charge in [-0.3, -0.25) is 9.59 Å². The minimum Gasteiger partial charge on any atom is -0.370 e. The summed E-state index contributed by atoms with van der Waals surface area (Å²) in [6.07, 6.45) is 0.712. The molecule has 0 aliphatic carbocycles. The first-order valence-electron chi connectivity index (χ1n) is 3.99. The molecule has 0 spiro atoms. The predicted molar refractivity (Wildman–Crippen MR) is 44.1 cm³/mol. The SMILES string of the molecule is CC1(C)CC(=O)NC1CC(N)=O. The van der Waals surface area contributed by atoms with Crippen LogP contribution in [-0.4, -0.2) is 17.9 Å². The normalized spacial score (nSPS) is 26.8. The Hall–Kier alpha value is -1.06. The third-order valence-corrected chi connectivity index (χ3v) is 2.30. The molecule has 1 aliphatic rings. The fourth-order valence-electron chi connectivity index (χ4n) is 1.51. The van der Waals surface area contributed by atoms with Gasteiger partial charge in [-0.1, -0.05) is 13.8 Å². The molecule has 1 atom stereocenters. The van der Waals surface area contributed by atoms with Gasteiger partial charge in [-0.2, -0.15) is 0 Å². The molecule has 4 nitrogen and oxygen atoms in total. The molecule has 1 saturated heterocycles. The number of carbonyl (C=O) groups excluding carboxylic acids is 2. The number of nitrogens with one attached hydrogen (secondary N) is 1. The van der Waals surface area contributed by atoms with Crippen molar-refractivity contribution in [3.05, 3.63) is 0 Å². The summed E-state index contributed by atoms with van der Waals surface area (Å²) in [5.74, 6) is -0.360. The average molecular weight is 170 g/mol. The second kappa shape index (κ2) is 2.77. The fourth-order valence-corrected chi connectivity index (χ4v) is 1.51. The predicted octanol–water partition coefficient (Wildman–Crippen LogP) is -0.223. The van der Waals surface area contributed by atoms with Crippen molar-refractivity contribution in [3.8, 4) is 0 Å². The molecule has 0 saturated carbocycles. The summed E-state index contributed by atoms with van der Waals surface area (Å²) in [4.78, 5) is 21.6. The number of hydrogen-bond acceptors (Lipinski definition) is 2. The van der Waals surface area contributed by atoms with Gasteiger partial charge in [0.15, 0.2) is 0 Å². The lowest BCUT2D eigenvalue weighted by Crippen LogP contribution is -2.37. The maximum Gasteiger partial charge on any atom is 0.220 e. The molecule has 68 valence electrons. The summed E-state index contributed by atoms with van der Waals surface area (Å²) in [7, 11) is 0. The molecule has 0 aromatic carbocycles. The summed E-state index contributed by atoms with van der Waals surface area (Å²) in [5.41, 5.74) is 4.90. The van der Waals surface area contributed by atoms with E-state index in [0.29, 0.717) is 6.42 Å². The quantitative estimate of drug-likeness (QED) is 0.601. The Labute approximate surface area is 71.5 Å². The van der Waals surface area contributed by atoms with Crippen molar-refractivity contribution in [1.29, 1.82) is 0 Å². The van der Waals surface area contributed by atoms with E-state index < -0.39 is 0 Å². The summed E-state index contributed by atoms with van der Waals surface area (Å²) in [6, 6.07) is -0.0949.